The van der Waals surface area contributed by atoms with Gasteiger partial charge < -0.3 is 4.74 Å². The van der Waals surface area contributed by atoms with Crippen LogP contribution in [0.5, 0.6) is 5.75 Å². The standard InChI is InChI=1S/C12H13FO2/c1-15-9-6-8-4-2-3-5-11(14)12(8)10(13)7-9/h6-7H,2-5H2,1H3. The third-order valence-electron chi connectivity index (χ3n) is 2.76. The first kappa shape index (κ1) is 10.1. The largest absolute Gasteiger partial charge is 0.497 e. The molecule has 1 aromatic rings. The molecule has 2 rings (SSSR count). The maximum Gasteiger partial charge on any atom is 0.166 e. The summed E-state index contributed by atoms with van der Waals surface area (Å²) in [5.74, 6) is -0.0418. The van der Waals surface area contributed by atoms with Crippen molar-refractivity contribution in [3.8, 4) is 5.75 Å². The van der Waals surface area contributed by atoms with E-state index in [2.05, 4.69) is 0 Å². The van der Waals surface area contributed by atoms with Crippen molar-refractivity contribution in [1.82, 2.24) is 0 Å². The predicted octanol–water partition coefficient (Wildman–Crippen LogP) is 2.74. The summed E-state index contributed by atoms with van der Waals surface area (Å²) < 4.78 is 18.6. The summed E-state index contributed by atoms with van der Waals surface area (Å²) in [6.07, 6.45) is 2.99. The van der Waals surface area contributed by atoms with Crippen LogP contribution in [0.25, 0.3) is 0 Å². The lowest BCUT2D eigenvalue weighted by atomic mass is 10.0. The van der Waals surface area contributed by atoms with E-state index in [1.807, 2.05) is 0 Å². The highest BCUT2D eigenvalue weighted by atomic mass is 19.1. The van der Waals surface area contributed by atoms with Crippen LogP contribution in [-0.2, 0) is 6.42 Å². The molecule has 0 bridgehead atoms. The lowest BCUT2D eigenvalue weighted by molar-refractivity contribution is 0.0978. The van der Waals surface area contributed by atoms with Gasteiger partial charge in [-0.1, -0.05) is 0 Å². The van der Waals surface area contributed by atoms with Gasteiger partial charge in [-0.05, 0) is 30.9 Å². The molecule has 0 atom stereocenters. The second kappa shape index (κ2) is 4.01. The van der Waals surface area contributed by atoms with Crippen molar-refractivity contribution in [3.63, 3.8) is 0 Å². The van der Waals surface area contributed by atoms with Gasteiger partial charge in [0.15, 0.2) is 5.78 Å². The quantitative estimate of drug-likeness (QED) is 0.663. The van der Waals surface area contributed by atoms with E-state index in [1.54, 1.807) is 6.07 Å². The summed E-state index contributed by atoms with van der Waals surface area (Å²) in [4.78, 5) is 11.6. The zero-order valence-electron chi connectivity index (χ0n) is 8.68. The summed E-state index contributed by atoms with van der Waals surface area (Å²) in [5.41, 5.74) is 1.06. The van der Waals surface area contributed by atoms with Crippen LogP contribution >= 0.6 is 0 Å². The first-order valence-corrected chi connectivity index (χ1v) is 5.12. The van der Waals surface area contributed by atoms with Crippen LogP contribution in [0.3, 0.4) is 0 Å². The van der Waals surface area contributed by atoms with E-state index < -0.39 is 5.82 Å². The smallest absolute Gasteiger partial charge is 0.166 e. The number of rotatable bonds is 1. The van der Waals surface area contributed by atoms with Crippen molar-refractivity contribution in [2.75, 3.05) is 7.11 Å². The van der Waals surface area contributed by atoms with Crippen LogP contribution in [0, 0.1) is 5.82 Å². The molecule has 0 saturated carbocycles. The van der Waals surface area contributed by atoms with Crippen molar-refractivity contribution >= 4 is 5.78 Å². The Balaban J connectivity index is 2.54. The fourth-order valence-corrected chi connectivity index (χ4v) is 1.99. The van der Waals surface area contributed by atoms with Crippen molar-refractivity contribution in [2.45, 2.75) is 25.7 Å². The topological polar surface area (TPSA) is 26.3 Å². The SMILES string of the molecule is COc1cc(F)c2c(c1)CCCCC2=O. The molecule has 1 aromatic carbocycles. The number of ether oxygens (including phenoxy) is 1. The van der Waals surface area contributed by atoms with Gasteiger partial charge in [0.2, 0.25) is 0 Å². The third-order valence-corrected chi connectivity index (χ3v) is 2.76. The second-order valence-electron chi connectivity index (χ2n) is 3.77. The average molecular weight is 208 g/mol. The Kier molecular flexibility index (Phi) is 2.71. The van der Waals surface area contributed by atoms with Gasteiger partial charge in [0.1, 0.15) is 11.6 Å². The number of ketones is 1. The van der Waals surface area contributed by atoms with Crippen LogP contribution in [0.1, 0.15) is 35.2 Å². The summed E-state index contributed by atoms with van der Waals surface area (Å²) in [7, 11) is 1.50. The Hall–Kier alpha value is -1.38. The number of carbonyl (C=O) groups excluding carboxylic acids is 1. The predicted molar refractivity (Wildman–Crippen MR) is 54.8 cm³/mol. The van der Waals surface area contributed by atoms with Crippen LogP contribution in [-0.4, -0.2) is 12.9 Å². The summed E-state index contributed by atoms with van der Waals surface area (Å²) in [6.45, 7) is 0. The minimum absolute atomic E-state index is 0.0809. The van der Waals surface area contributed by atoms with Gasteiger partial charge in [-0.15, -0.1) is 0 Å². The molecule has 1 aliphatic carbocycles. The fourth-order valence-electron chi connectivity index (χ4n) is 1.99. The number of hydrogen-bond acceptors (Lipinski definition) is 2. The van der Waals surface area contributed by atoms with E-state index in [9.17, 15) is 9.18 Å². The third kappa shape index (κ3) is 1.87. The number of Topliss-reactive ketones (excluding diaryl/α,β-unsaturated/α-hetero) is 1. The highest BCUT2D eigenvalue weighted by Crippen LogP contribution is 2.27. The highest BCUT2D eigenvalue weighted by Gasteiger charge is 2.20. The molecule has 0 N–H and O–H groups in total. The van der Waals surface area contributed by atoms with E-state index in [0.717, 1.165) is 24.8 Å². The van der Waals surface area contributed by atoms with Gasteiger partial charge >= 0.3 is 0 Å². The maximum absolute atomic E-state index is 13.6. The number of aryl methyl sites for hydroxylation is 1. The van der Waals surface area contributed by atoms with Crippen molar-refractivity contribution in [3.05, 3.63) is 29.1 Å². The molecule has 2 nitrogen and oxygen atoms in total. The van der Waals surface area contributed by atoms with Crippen LogP contribution in [0.2, 0.25) is 0 Å². The van der Waals surface area contributed by atoms with Gasteiger partial charge in [0.05, 0.1) is 12.7 Å². The van der Waals surface area contributed by atoms with Gasteiger partial charge in [-0.25, -0.2) is 4.39 Å². The van der Waals surface area contributed by atoms with Crippen molar-refractivity contribution < 1.29 is 13.9 Å². The van der Waals surface area contributed by atoms with Gasteiger partial charge in [-0.2, -0.15) is 0 Å². The highest BCUT2D eigenvalue weighted by molar-refractivity contribution is 5.98. The van der Waals surface area contributed by atoms with Gasteiger partial charge in [-0.3, -0.25) is 4.79 Å². The van der Waals surface area contributed by atoms with Crippen molar-refractivity contribution in [1.29, 1.82) is 0 Å². The molecule has 0 spiro atoms. The van der Waals surface area contributed by atoms with E-state index in [-0.39, 0.29) is 11.3 Å². The molecule has 0 amide bonds. The average Bonchev–Trinajstić information content (AvgIpc) is 2.40. The molecular formula is C12H13FO2. The first-order chi connectivity index (χ1) is 7.22. The molecule has 0 unspecified atom stereocenters. The Labute approximate surface area is 88.1 Å². The molecule has 1 aliphatic rings. The Morgan fingerprint density at radius 3 is 2.73 bits per heavy atom. The van der Waals surface area contributed by atoms with Crippen molar-refractivity contribution in [2.24, 2.45) is 0 Å². The Morgan fingerprint density at radius 2 is 2.00 bits per heavy atom. The Bertz CT molecular complexity index is 399. The van der Waals surface area contributed by atoms with E-state index in [1.165, 1.54) is 13.2 Å². The van der Waals surface area contributed by atoms with Gasteiger partial charge in [0, 0.05) is 12.5 Å². The number of hydrogen-bond donors (Lipinski definition) is 0. The molecule has 15 heavy (non-hydrogen) atoms. The summed E-state index contributed by atoms with van der Waals surface area (Å²) in [5, 5.41) is 0. The first-order valence-electron chi connectivity index (χ1n) is 5.12. The molecule has 0 fully saturated rings. The molecule has 0 saturated heterocycles. The zero-order chi connectivity index (χ0) is 10.8. The number of benzene rings is 1. The van der Waals surface area contributed by atoms with Gasteiger partial charge in [0.25, 0.3) is 0 Å². The lowest BCUT2D eigenvalue weighted by Gasteiger charge is -2.08. The fraction of sp³-hybridized carbons (Fsp3) is 0.417. The minimum atomic E-state index is -0.448. The molecule has 0 heterocycles. The van der Waals surface area contributed by atoms with E-state index in [4.69, 9.17) is 4.74 Å². The molecule has 0 aromatic heterocycles. The number of carbonyl (C=O) groups is 1. The molecule has 0 radical (unpaired) electrons. The molecule has 0 aliphatic heterocycles. The Morgan fingerprint density at radius 1 is 1.27 bits per heavy atom. The van der Waals surface area contributed by atoms with E-state index >= 15 is 0 Å². The van der Waals surface area contributed by atoms with Crippen LogP contribution in [0.4, 0.5) is 4.39 Å². The molecule has 80 valence electrons. The zero-order valence-corrected chi connectivity index (χ0v) is 8.68. The van der Waals surface area contributed by atoms with Crippen LogP contribution < -0.4 is 4.74 Å². The number of halogens is 1. The molecular weight excluding hydrogens is 195 g/mol. The van der Waals surface area contributed by atoms with Crippen LogP contribution in [0.15, 0.2) is 12.1 Å². The minimum Gasteiger partial charge on any atom is -0.497 e. The summed E-state index contributed by atoms with van der Waals surface area (Å²) >= 11 is 0. The maximum atomic E-state index is 13.6. The summed E-state index contributed by atoms with van der Waals surface area (Å²) in [6, 6.07) is 3.05. The number of methoxy groups -OCH3 is 1. The van der Waals surface area contributed by atoms with E-state index in [0.29, 0.717) is 12.2 Å². The second-order valence-corrected chi connectivity index (χ2v) is 3.77. The number of fused-ring (bicyclic) bond motifs is 1. The lowest BCUT2D eigenvalue weighted by Crippen LogP contribution is -2.04. The molecule has 3 heteroatoms. The monoisotopic (exact) mass is 208 g/mol. The normalized spacial score (nSPS) is 15.7.